The fraction of sp³-hybridized carbons (Fsp3) is 0.929. The summed E-state index contributed by atoms with van der Waals surface area (Å²) in [5.41, 5.74) is 6.39. The average Bonchev–Trinajstić information content (AvgIpc) is 2.60. The van der Waals surface area contributed by atoms with Crippen molar-refractivity contribution in [2.45, 2.75) is 65.5 Å². The topological polar surface area (TPSA) is 55.1 Å². The summed E-state index contributed by atoms with van der Waals surface area (Å²) in [6.07, 6.45) is 4.39. The Morgan fingerprint density at radius 1 is 1.47 bits per heavy atom. The first-order chi connectivity index (χ1) is 7.83. The normalized spacial score (nSPS) is 40.3. The van der Waals surface area contributed by atoms with Gasteiger partial charge in [0.05, 0.1) is 6.04 Å². The standard InChI is InChI=1S/C14H26N2O/c1-5-10(15)12(17)16-11-8-9-6-7-14(11,4)13(9,2)3/h9-11H,5-8,15H2,1-4H3,(H,16,17)/t9?,10-,11?,14?/m1/s1. The number of nitrogens with two attached hydrogens (primary N) is 1. The van der Waals surface area contributed by atoms with Crippen molar-refractivity contribution in [3.63, 3.8) is 0 Å². The molecule has 0 aliphatic heterocycles. The molecule has 0 radical (unpaired) electrons. The van der Waals surface area contributed by atoms with Crippen LogP contribution < -0.4 is 11.1 Å². The van der Waals surface area contributed by atoms with Crippen LogP contribution in [0.1, 0.15) is 53.4 Å². The SMILES string of the molecule is CC[C@@H](N)C(=O)NC1CC2CCC1(C)C2(C)C. The zero-order chi connectivity index (χ0) is 12.8. The number of carbonyl (C=O) groups excluding carboxylic acids is 1. The highest BCUT2D eigenvalue weighted by atomic mass is 16.2. The number of hydrogen-bond donors (Lipinski definition) is 2. The van der Waals surface area contributed by atoms with Crippen molar-refractivity contribution in [3.05, 3.63) is 0 Å². The van der Waals surface area contributed by atoms with Crippen molar-refractivity contribution in [2.75, 3.05) is 0 Å². The quantitative estimate of drug-likeness (QED) is 0.790. The van der Waals surface area contributed by atoms with Gasteiger partial charge in [0.15, 0.2) is 0 Å². The van der Waals surface area contributed by atoms with E-state index >= 15 is 0 Å². The molecule has 0 heterocycles. The number of carbonyl (C=O) groups is 1. The van der Waals surface area contributed by atoms with Gasteiger partial charge >= 0.3 is 0 Å². The molecule has 3 heteroatoms. The van der Waals surface area contributed by atoms with Gasteiger partial charge in [-0.15, -0.1) is 0 Å². The molecule has 3 nitrogen and oxygen atoms in total. The largest absolute Gasteiger partial charge is 0.351 e. The second kappa shape index (κ2) is 3.98. The molecular formula is C14H26N2O. The summed E-state index contributed by atoms with van der Waals surface area (Å²) in [5.74, 6) is 0.790. The molecule has 17 heavy (non-hydrogen) atoms. The molecule has 0 spiro atoms. The van der Waals surface area contributed by atoms with Gasteiger partial charge in [-0.1, -0.05) is 27.7 Å². The Morgan fingerprint density at radius 3 is 2.53 bits per heavy atom. The first kappa shape index (κ1) is 12.9. The molecule has 3 N–H and O–H groups in total. The fourth-order valence-corrected chi connectivity index (χ4v) is 3.89. The zero-order valence-electron chi connectivity index (χ0n) is 11.5. The van der Waals surface area contributed by atoms with Crippen LogP contribution in [0.4, 0.5) is 0 Å². The third-order valence-electron chi connectivity index (χ3n) is 5.89. The van der Waals surface area contributed by atoms with Crippen molar-refractivity contribution in [3.8, 4) is 0 Å². The van der Waals surface area contributed by atoms with Crippen LogP contribution in [-0.4, -0.2) is 18.0 Å². The van der Waals surface area contributed by atoms with Crippen LogP contribution in [0.2, 0.25) is 0 Å². The van der Waals surface area contributed by atoms with Crippen molar-refractivity contribution < 1.29 is 4.79 Å². The Bertz CT molecular complexity index is 326. The monoisotopic (exact) mass is 238 g/mol. The lowest BCUT2D eigenvalue weighted by Gasteiger charge is -2.39. The van der Waals surface area contributed by atoms with E-state index in [0.29, 0.717) is 17.9 Å². The molecule has 0 saturated heterocycles. The van der Waals surface area contributed by atoms with E-state index in [2.05, 4.69) is 26.1 Å². The molecule has 4 atom stereocenters. The van der Waals surface area contributed by atoms with Crippen LogP contribution in [0.3, 0.4) is 0 Å². The van der Waals surface area contributed by atoms with Gasteiger partial charge in [-0.05, 0) is 42.4 Å². The van der Waals surface area contributed by atoms with Crippen LogP contribution in [0.5, 0.6) is 0 Å². The summed E-state index contributed by atoms with van der Waals surface area (Å²) in [6, 6.07) is -0.0258. The van der Waals surface area contributed by atoms with Crippen molar-refractivity contribution in [1.29, 1.82) is 0 Å². The summed E-state index contributed by atoms with van der Waals surface area (Å²) in [6.45, 7) is 9.01. The molecular weight excluding hydrogens is 212 g/mol. The minimum Gasteiger partial charge on any atom is -0.351 e. The highest BCUT2D eigenvalue weighted by Gasteiger charge is 2.61. The van der Waals surface area contributed by atoms with Gasteiger partial charge in [-0.3, -0.25) is 4.79 Å². The Balaban J connectivity index is 2.08. The maximum Gasteiger partial charge on any atom is 0.237 e. The van der Waals surface area contributed by atoms with Crippen molar-refractivity contribution in [1.82, 2.24) is 5.32 Å². The lowest BCUT2D eigenvalue weighted by Crippen LogP contribution is -2.51. The van der Waals surface area contributed by atoms with E-state index in [-0.39, 0.29) is 17.4 Å². The first-order valence-electron chi connectivity index (χ1n) is 6.89. The van der Waals surface area contributed by atoms with E-state index in [1.165, 1.54) is 12.8 Å². The van der Waals surface area contributed by atoms with E-state index in [1.807, 2.05) is 6.92 Å². The summed E-state index contributed by atoms with van der Waals surface area (Å²) < 4.78 is 0. The van der Waals surface area contributed by atoms with Gasteiger partial charge < -0.3 is 11.1 Å². The van der Waals surface area contributed by atoms with E-state index in [0.717, 1.165) is 12.3 Å². The van der Waals surface area contributed by atoms with Gasteiger partial charge in [0.2, 0.25) is 5.91 Å². The Kier molecular flexibility index (Phi) is 3.01. The fourth-order valence-electron chi connectivity index (χ4n) is 3.89. The van der Waals surface area contributed by atoms with Gasteiger partial charge in [0, 0.05) is 6.04 Å². The van der Waals surface area contributed by atoms with E-state index < -0.39 is 0 Å². The average molecular weight is 238 g/mol. The molecule has 1 amide bonds. The predicted molar refractivity (Wildman–Crippen MR) is 69.4 cm³/mol. The van der Waals surface area contributed by atoms with Crippen molar-refractivity contribution >= 4 is 5.91 Å². The number of nitrogens with one attached hydrogen (secondary N) is 1. The Hall–Kier alpha value is -0.570. The van der Waals surface area contributed by atoms with Gasteiger partial charge in [0.25, 0.3) is 0 Å². The zero-order valence-corrected chi connectivity index (χ0v) is 11.5. The molecule has 98 valence electrons. The number of rotatable bonds is 3. The smallest absolute Gasteiger partial charge is 0.237 e. The molecule has 2 fully saturated rings. The lowest BCUT2D eigenvalue weighted by molar-refractivity contribution is -0.124. The highest BCUT2D eigenvalue weighted by Crippen LogP contribution is 2.65. The third kappa shape index (κ3) is 1.70. The Morgan fingerprint density at radius 2 is 2.12 bits per heavy atom. The second-order valence-corrected chi connectivity index (χ2v) is 6.69. The maximum atomic E-state index is 11.9. The number of fused-ring (bicyclic) bond motifs is 2. The van der Waals surface area contributed by atoms with Crippen LogP contribution in [0, 0.1) is 16.7 Å². The van der Waals surface area contributed by atoms with E-state index in [4.69, 9.17) is 5.73 Å². The van der Waals surface area contributed by atoms with Crippen LogP contribution in [-0.2, 0) is 4.79 Å². The highest BCUT2D eigenvalue weighted by molar-refractivity contribution is 5.81. The predicted octanol–water partition coefficient (Wildman–Crippen LogP) is 2.05. The molecule has 3 unspecified atom stereocenters. The third-order valence-corrected chi connectivity index (χ3v) is 5.89. The second-order valence-electron chi connectivity index (χ2n) is 6.69. The molecule has 0 aromatic carbocycles. The van der Waals surface area contributed by atoms with Gasteiger partial charge in [-0.2, -0.15) is 0 Å². The summed E-state index contributed by atoms with van der Waals surface area (Å²) >= 11 is 0. The minimum atomic E-state index is -0.346. The van der Waals surface area contributed by atoms with E-state index in [9.17, 15) is 4.79 Å². The summed E-state index contributed by atoms with van der Waals surface area (Å²) in [7, 11) is 0. The molecule has 2 bridgehead atoms. The van der Waals surface area contributed by atoms with Crippen molar-refractivity contribution in [2.24, 2.45) is 22.5 Å². The van der Waals surface area contributed by atoms with Gasteiger partial charge in [-0.25, -0.2) is 0 Å². The molecule has 0 aromatic heterocycles. The molecule has 0 aromatic rings. The van der Waals surface area contributed by atoms with E-state index in [1.54, 1.807) is 0 Å². The minimum absolute atomic E-state index is 0.0297. The summed E-state index contributed by atoms with van der Waals surface area (Å²) in [5, 5.41) is 3.19. The van der Waals surface area contributed by atoms with Gasteiger partial charge in [0.1, 0.15) is 0 Å². The molecule has 2 saturated carbocycles. The lowest BCUT2D eigenvalue weighted by atomic mass is 9.69. The Labute approximate surface area is 105 Å². The number of amides is 1. The maximum absolute atomic E-state index is 11.9. The van der Waals surface area contributed by atoms with Crippen LogP contribution in [0.25, 0.3) is 0 Å². The summed E-state index contributed by atoms with van der Waals surface area (Å²) in [4.78, 5) is 11.9. The van der Waals surface area contributed by atoms with Crippen LogP contribution >= 0.6 is 0 Å². The molecule has 2 aliphatic carbocycles. The van der Waals surface area contributed by atoms with Crippen LogP contribution in [0.15, 0.2) is 0 Å². The molecule has 2 aliphatic rings. The first-order valence-corrected chi connectivity index (χ1v) is 6.89. The number of hydrogen-bond acceptors (Lipinski definition) is 2. The molecule has 2 rings (SSSR count).